The van der Waals surface area contributed by atoms with Crippen LogP contribution in [0.2, 0.25) is 0 Å². The van der Waals surface area contributed by atoms with E-state index in [9.17, 15) is 4.79 Å². The van der Waals surface area contributed by atoms with Crippen molar-refractivity contribution in [2.75, 3.05) is 26.7 Å². The lowest BCUT2D eigenvalue weighted by molar-refractivity contribution is 0.0509. The van der Waals surface area contributed by atoms with Crippen molar-refractivity contribution in [3.05, 3.63) is 0 Å². The molecule has 2 unspecified atom stereocenters. The number of hydrogen-bond donors (Lipinski definition) is 2. The number of amides is 1. The van der Waals surface area contributed by atoms with E-state index in [1.54, 1.807) is 0 Å². The summed E-state index contributed by atoms with van der Waals surface area (Å²) in [6.07, 6.45) is 7.17. The molecule has 2 rings (SSSR count). The molecule has 0 radical (unpaired) electrons. The van der Waals surface area contributed by atoms with Gasteiger partial charge in [0, 0.05) is 18.6 Å². The minimum atomic E-state index is -0.428. The SMILES string of the molecule is CN1CCC(NC2CCCCC2CNC(=O)OC(C)(C)C)CC1. The zero-order valence-corrected chi connectivity index (χ0v) is 15.4. The van der Waals surface area contributed by atoms with Gasteiger partial charge in [-0.2, -0.15) is 0 Å². The fourth-order valence-electron chi connectivity index (χ4n) is 3.68. The second-order valence-corrected chi connectivity index (χ2v) is 8.28. The second-order valence-electron chi connectivity index (χ2n) is 8.28. The largest absolute Gasteiger partial charge is 0.444 e. The van der Waals surface area contributed by atoms with E-state index < -0.39 is 5.60 Å². The van der Waals surface area contributed by atoms with E-state index in [0.29, 0.717) is 18.0 Å². The van der Waals surface area contributed by atoms with Crippen LogP contribution in [0.1, 0.15) is 59.3 Å². The minimum Gasteiger partial charge on any atom is -0.444 e. The molecule has 0 aromatic carbocycles. The molecule has 1 saturated heterocycles. The highest BCUT2D eigenvalue weighted by molar-refractivity contribution is 5.67. The van der Waals surface area contributed by atoms with E-state index in [-0.39, 0.29) is 6.09 Å². The van der Waals surface area contributed by atoms with Crippen molar-refractivity contribution < 1.29 is 9.53 Å². The molecular formula is C18H35N3O2. The van der Waals surface area contributed by atoms with Crippen LogP contribution in [0.5, 0.6) is 0 Å². The van der Waals surface area contributed by atoms with Gasteiger partial charge >= 0.3 is 6.09 Å². The summed E-state index contributed by atoms with van der Waals surface area (Å²) >= 11 is 0. The second kappa shape index (κ2) is 8.34. The number of nitrogens with zero attached hydrogens (tertiary/aromatic N) is 1. The molecule has 1 saturated carbocycles. The summed E-state index contributed by atoms with van der Waals surface area (Å²) in [5.74, 6) is 0.524. The van der Waals surface area contributed by atoms with Crippen LogP contribution >= 0.6 is 0 Å². The highest BCUT2D eigenvalue weighted by Crippen LogP contribution is 2.25. The molecule has 2 atom stereocenters. The molecule has 134 valence electrons. The monoisotopic (exact) mass is 325 g/mol. The first kappa shape index (κ1) is 18.5. The van der Waals surface area contributed by atoms with Crippen LogP contribution in [-0.2, 0) is 4.74 Å². The van der Waals surface area contributed by atoms with Crippen LogP contribution in [0.25, 0.3) is 0 Å². The van der Waals surface area contributed by atoms with E-state index in [1.807, 2.05) is 20.8 Å². The molecule has 1 aliphatic heterocycles. The maximum Gasteiger partial charge on any atom is 0.407 e. The van der Waals surface area contributed by atoms with Gasteiger partial charge in [0.25, 0.3) is 0 Å². The van der Waals surface area contributed by atoms with Crippen molar-refractivity contribution in [2.24, 2.45) is 5.92 Å². The zero-order chi connectivity index (χ0) is 16.9. The molecule has 23 heavy (non-hydrogen) atoms. The molecule has 0 aromatic heterocycles. The molecule has 2 aliphatic rings. The Balaban J connectivity index is 1.78. The van der Waals surface area contributed by atoms with Gasteiger partial charge in [0.2, 0.25) is 0 Å². The molecule has 1 aliphatic carbocycles. The number of alkyl carbamates (subject to hydrolysis) is 1. The summed E-state index contributed by atoms with van der Waals surface area (Å²) < 4.78 is 5.35. The van der Waals surface area contributed by atoms with Crippen LogP contribution in [-0.4, -0.2) is 55.4 Å². The minimum absolute atomic E-state index is 0.291. The standard InChI is InChI=1S/C18H35N3O2/c1-18(2,3)23-17(22)19-13-14-7-5-6-8-16(14)20-15-9-11-21(4)12-10-15/h14-16,20H,5-13H2,1-4H3,(H,19,22). The quantitative estimate of drug-likeness (QED) is 0.834. The number of piperidine rings is 1. The summed E-state index contributed by atoms with van der Waals surface area (Å²) in [5, 5.41) is 6.86. The Hall–Kier alpha value is -0.810. The van der Waals surface area contributed by atoms with E-state index in [4.69, 9.17) is 4.74 Å². The van der Waals surface area contributed by atoms with Crippen molar-refractivity contribution in [3.63, 3.8) is 0 Å². The summed E-state index contributed by atoms with van der Waals surface area (Å²) in [4.78, 5) is 14.3. The summed E-state index contributed by atoms with van der Waals surface area (Å²) in [6.45, 7) is 8.79. The number of rotatable bonds is 4. The molecule has 1 amide bonds. The van der Waals surface area contributed by atoms with E-state index in [2.05, 4.69) is 22.6 Å². The molecule has 0 aromatic rings. The summed E-state index contributed by atoms with van der Waals surface area (Å²) in [7, 11) is 2.20. The van der Waals surface area contributed by atoms with E-state index in [0.717, 1.165) is 6.54 Å². The van der Waals surface area contributed by atoms with Gasteiger partial charge in [-0.15, -0.1) is 0 Å². The lowest BCUT2D eigenvalue weighted by Gasteiger charge is -2.38. The Morgan fingerprint density at radius 2 is 1.78 bits per heavy atom. The van der Waals surface area contributed by atoms with Gasteiger partial charge < -0.3 is 20.3 Å². The van der Waals surface area contributed by atoms with Gasteiger partial charge in [-0.1, -0.05) is 12.8 Å². The van der Waals surface area contributed by atoms with E-state index >= 15 is 0 Å². The van der Waals surface area contributed by atoms with Gasteiger partial charge in [0.15, 0.2) is 0 Å². The molecule has 1 heterocycles. The van der Waals surface area contributed by atoms with Crippen LogP contribution in [0.4, 0.5) is 4.79 Å². The first-order valence-electron chi connectivity index (χ1n) is 9.25. The number of carbonyl (C=O) groups is 1. The number of nitrogens with one attached hydrogen (secondary N) is 2. The molecule has 5 heteroatoms. The van der Waals surface area contributed by atoms with Crippen LogP contribution in [0, 0.1) is 5.92 Å². The zero-order valence-electron chi connectivity index (χ0n) is 15.4. The molecule has 2 fully saturated rings. The van der Waals surface area contributed by atoms with Crippen LogP contribution < -0.4 is 10.6 Å². The third kappa shape index (κ3) is 6.68. The first-order chi connectivity index (χ1) is 10.8. The van der Waals surface area contributed by atoms with Crippen LogP contribution in [0.3, 0.4) is 0 Å². The highest BCUT2D eigenvalue weighted by atomic mass is 16.6. The number of likely N-dealkylation sites (tertiary alicyclic amines) is 1. The fraction of sp³-hybridized carbons (Fsp3) is 0.944. The van der Waals surface area contributed by atoms with Crippen molar-refractivity contribution in [3.8, 4) is 0 Å². The Morgan fingerprint density at radius 1 is 1.13 bits per heavy atom. The number of carbonyl (C=O) groups excluding carboxylic acids is 1. The normalized spacial score (nSPS) is 27.7. The predicted molar refractivity (Wildman–Crippen MR) is 93.6 cm³/mol. The van der Waals surface area contributed by atoms with Gasteiger partial charge in [0.05, 0.1) is 0 Å². The molecule has 0 spiro atoms. The maximum atomic E-state index is 11.9. The Kier molecular flexibility index (Phi) is 6.72. The number of ether oxygens (including phenoxy) is 1. The fourth-order valence-corrected chi connectivity index (χ4v) is 3.68. The highest BCUT2D eigenvalue weighted by Gasteiger charge is 2.29. The Morgan fingerprint density at radius 3 is 2.43 bits per heavy atom. The predicted octanol–water partition coefficient (Wildman–Crippen LogP) is 2.75. The Labute approximate surface area is 141 Å². The molecule has 5 nitrogen and oxygen atoms in total. The molecular weight excluding hydrogens is 290 g/mol. The van der Waals surface area contributed by atoms with Crippen molar-refractivity contribution in [1.29, 1.82) is 0 Å². The van der Waals surface area contributed by atoms with Gasteiger partial charge in [-0.25, -0.2) is 4.79 Å². The lowest BCUT2D eigenvalue weighted by Crippen LogP contribution is -2.51. The molecule has 0 bridgehead atoms. The lowest BCUT2D eigenvalue weighted by atomic mass is 9.83. The van der Waals surface area contributed by atoms with Crippen molar-refractivity contribution >= 4 is 6.09 Å². The maximum absolute atomic E-state index is 11.9. The smallest absolute Gasteiger partial charge is 0.407 e. The average Bonchev–Trinajstić information content (AvgIpc) is 2.47. The van der Waals surface area contributed by atoms with Crippen molar-refractivity contribution in [1.82, 2.24) is 15.5 Å². The average molecular weight is 325 g/mol. The summed E-state index contributed by atoms with van der Waals surface area (Å²) in [5.41, 5.74) is -0.428. The third-order valence-corrected chi connectivity index (χ3v) is 4.98. The van der Waals surface area contributed by atoms with Gasteiger partial charge in [-0.3, -0.25) is 0 Å². The topological polar surface area (TPSA) is 53.6 Å². The Bertz CT molecular complexity index is 373. The van der Waals surface area contributed by atoms with E-state index in [1.165, 1.54) is 51.6 Å². The van der Waals surface area contributed by atoms with Crippen molar-refractivity contribution in [2.45, 2.75) is 77.0 Å². The van der Waals surface area contributed by atoms with Gasteiger partial charge in [-0.05, 0) is 72.5 Å². The first-order valence-corrected chi connectivity index (χ1v) is 9.25. The molecule has 2 N–H and O–H groups in total. The van der Waals surface area contributed by atoms with Gasteiger partial charge in [0.1, 0.15) is 5.60 Å². The number of hydrogen-bond acceptors (Lipinski definition) is 4. The summed E-state index contributed by atoms with van der Waals surface area (Å²) in [6, 6.07) is 1.17. The third-order valence-electron chi connectivity index (χ3n) is 4.98. The van der Waals surface area contributed by atoms with Crippen LogP contribution in [0.15, 0.2) is 0 Å².